The molecule has 158 valence electrons. The van der Waals surface area contributed by atoms with Gasteiger partial charge in [0.1, 0.15) is 15.8 Å². The third-order valence-corrected chi connectivity index (χ3v) is 6.22. The summed E-state index contributed by atoms with van der Waals surface area (Å²) in [6.45, 7) is 0.353. The smallest absolute Gasteiger partial charge is 0.416 e. The van der Waals surface area contributed by atoms with Crippen LogP contribution in [-0.2, 0) is 17.5 Å². The van der Waals surface area contributed by atoms with Crippen LogP contribution >= 0.6 is 35.6 Å². The quantitative estimate of drug-likeness (QED) is 0.297. The average Bonchev–Trinajstić information content (AvgIpc) is 3.28. The number of alkyl halides is 3. The second kappa shape index (κ2) is 8.53. The van der Waals surface area contributed by atoms with E-state index in [4.69, 9.17) is 28.2 Å². The molecule has 0 spiro atoms. The van der Waals surface area contributed by atoms with E-state index in [2.05, 4.69) is 0 Å². The van der Waals surface area contributed by atoms with E-state index in [9.17, 15) is 18.0 Å². The minimum atomic E-state index is -4.50. The lowest BCUT2D eigenvalue weighted by Gasteiger charge is -2.14. The van der Waals surface area contributed by atoms with Gasteiger partial charge >= 0.3 is 6.18 Å². The highest BCUT2D eigenvalue weighted by Gasteiger charge is 2.33. The fourth-order valence-corrected chi connectivity index (χ4v) is 4.44. The van der Waals surface area contributed by atoms with Crippen LogP contribution in [0.1, 0.15) is 16.9 Å². The number of halogens is 4. The zero-order valence-electron chi connectivity index (χ0n) is 15.7. The highest BCUT2D eigenvalue weighted by molar-refractivity contribution is 8.26. The van der Waals surface area contributed by atoms with Gasteiger partial charge in [0.15, 0.2) is 0 Å². The maximum absolute atomic E-state index is 13.0. The lowest BCUT2D eigenvalue weighted by molar-refractivity contribution is -0.137. The molecule has 0 atom stereocenters. The Morgan fingerprint density at radius 2 is 1.84 bits per heavy atom. The molecule has 1 aliphatic heterocycles. The molecule has 2 aromatic carbocycles. The normalized spacial score (nSPS) is 15.9. The molecular weight excluding hydrogens is 467 g/mol. The number of furan rings is 1. The van der Waals surface area contributed by atoms with Gasteiger partial charge in [-0.3, -0.25) is 9.69 Å². The Balaban J connectivity index is 1.58. The minimum Gasteiger partial charge on any atom is -0.457 e. The average molecular weight is 480 g/mol. The maximum atomic E-state index is 13.0. The number of hydrogen-bond donors (Lipinski definition) is 0. The number of thioether (sulfide) groups is 1. The highest BCUT2D eigenvalue weighted by Crippen LogP contribution is 2.38. The molecule has 0 N–H and O–H groups in total. The number of benzene rings is 2. The summed E-state index contributed by atoms with van der Waals surface area (Å²) in [5.41, 5.74) is 0.235. The first-order valence-corrected chi connectivity index (χ1v) is 10.6. The van der Waals surface area contributed by atoms with Gasteiger partial charge in [0.25, 0.3) is 5.91 Å². The summed E-state index contributed by atoms with van der Waals surface area (Å²) >= 11 is 12.5. The number of nitrogens with zero attached hydrogens (tertiary/aromatic N) is 1. The van der Waals surface area contributed by atoms with Crippen LogP contribution in [0.15, 0.2) is 70.0 Å². The summed E-state index contributed by atoms with van der Waals surface area (Å²) < 4.78 is 45.2. The molecule has 0 unspecified atom stereocenters. The fourth-order valence-electron chi connectivity index (χ4n) is 3.00. The van der Waals surface area contributed by atoms with E-state index in [0.717, 1.165) is 29.5 Å². The Hall–Kier alpha value is -2.55. The fraction of sp³-hybridized carbons (Fsp3) is 0.0909. The number of rotatable bonds is 4. The molecule has 3 aromatic rings. The Morgan fingerprint density at radius 1 is 1.10 bits per heavy atom. The van der Waals surface area contributed by atoms with Crippen LogP contribution in [0, 0.1) is 0 Å². The van der Waals surface area contributed by atoms with Crippen molar-refractivity contribution < 1.29 is 22.4 Å². The van der Waals surface area contributed by atoms with Crippen molar-refractivity contribution in [3.05, 3.63) is 87.5 Å². The van der Waals surface area contributed by atoms with Crippen LogP contribution in [0.3, 0.4) is 0 Å². The van der Waals surface area contributed by atoms with Crippen molar-refractivity contribution in [2.45, 2.75) is 12.7 Å². The van der Waals surface area contributed by atoms with E-state index in [1.807, 2.05) is 30.3 Å². The molecule has 1 fully saturated rings. The Kier molecular flexibility index (Phi) is 5.96. The van der Waals surface area contributed by atoms with E-state index >= 15 is 0 Å². The predicted molar refractivity (Wildman–Crippen MR) is 119 cm³/mol. The molecule has 3 nitrogen and oxygen atoms in total. The molecule has 31 heavy (non-hydrogen) atoms. The number of carbonyl (C=O) groups excluding carboxylic acids is 1. The molecular formula is C22H13ClF3NO2S2. The lowest BCUT2D eigenvalue weighted by atomic mass is 10.1. The van der Waals surface area contributed by atoms with Gasteiger partial charge in [0, 0.05) is 11.6 Å². The van der Waals surface area contributed by atoms with E-state index < -0.39 is 11.7 Å². The molecule has 0 saturated carbocycles. The van der Waals surface area contributed by atoms with Crippen LogP contribution in [0.25, 0.3) is 17.4 Å². The molecule has 0 aliphatic carbocycles. The first kappa shape index (κ1) is 21.7. The molecule has 1 saturated heterocycles. The topological polar surface area (TPSA) is 33.5 Å². The molecule has 1 amide bonds. The van der Waals surface area contributed by atoms with Gasteiger partial charge < -0.3 is 4.42 Å². The van der Waals surface area contributed by atoms with E-state index in [1.54, 1.807) is 6.07 Å². The molecule has 0 bridgehead atoms. The first-order chi connectivity index (χ1) is 14.7. The Bertz CT molecular complexity index is 1190. The van der Waals surface area contributed by atoms with E-state index in [1.165, 1.54) is 23.1 Å². The van der Waals surface area contributed by atoms with E-state index in [-0.39, 0.29) is 22.3 Å². The zero-order valence-corrected chi connectivity index (χ0v) is 18.0. The number of thiocarbonyl (C=S) groups is 1. The first-order valence-electron chi connectivity index (χ1n) is 8.98. The Labute approximate surface area is 190 Å². The maximum Gasteiger partial charge on any atom is 0.416 e. The summed E-state index contributed by atoms with van der Waals surface area (Å²) in [6, 6.07) is 15.6. The van der Waals surface area contributed by atoms with Gasteiger partial charge in [-0.1, -0.05) is 65.9 Å². The lowest BCUT2D eigenvalue weighted by Crippen LogP contribution is -2.27. The Morgan fingerprint density at radius 3 is 2.55 bits per heavy atom. The molecule has 1 aromatic heterocycles. The zero-order chi connectivity index (χ0) is 22.2. The second-order valence-electron chi connectivity index (χ2n) is 6.65. The van der Waals surface area contributed by atoms with Crippen molar-refractivity contribution in [3.63, 3.8) is 0 Å². The largest absolute Gasteiger partial charge is 0.457 e. The number of carbonyl (C=O) groups is 1. The molecule has 9 heteroatoms. The van der Waals surface area contributed by atoms with Crippen molar-refractivity contribution >= 4 is 51.9 Å². The summed E-state index contributed by atoms with van der Waals surface area (Å²) in [5.74, 6) is 0.222. The highest BCUT2D eigenvalue weighted by atomic mass is 35.5. The van der Waals surface area contributed by atoms with Crippen molar-refractivity contribution in [3.8, 4) is 11.3 Å². The van der Waals surface area contributed by atoms with E-state index in [0.29, 0.717) is 21.5 Å². The van der Waals surface area contributed by atoms with Crippen LogP contribution in [-0.4, -0.2) is 15.1 Å². The van der Waals surface area contributed by atoms with Gasteiger partial charge in [0.05, 0.1) is 22.0 Å². The summed E-state index contributed by atoms with van der Waals surface area (Å²) in [4.78, 5) is 14.6. The third kappa shape index (κ3) is 4.71. The van der Waals surface area contributed by atoms with Gasteiger partial charge in [0.2, 0.25) is 0 Å². The summed E-state index contributed by atoms with van der Waals surface area (Å²) in [6.07, 6.45) is -2.98. The van der Waals surface area contributed by atoms with Crippen molar-refractivity contribution in [1.29, 1.82) is 0 Å². The predicted octanol–water partition coefficient (Wildman–Crippen LogP) is 7.02. The van der Waals surface area contributed by atoms with Crippen LogP contribution in [0.4, 0.5) is 13.2 Å². The van der Waals surface area contributed by atoms with Gasteiger partial charge in [-0.15, -0.1) is 0 Å². The SMILES string of the molecule is O=C1/C(=C/c2ccc(-c3cc(C(F)(F)F)ccc3Cl)o2)SC(=S)N1Cc1ccccc1. The summed E-state index contributed by atoms with van der Waals surface area (Å²) in [5, 5.41) is 0.128. The monoisotopic (exact) mass is 479 g/mol. The number of hydrogen-bond acceptors (Lipinski definition) is 4. The van der Waals surface area contributed by atoms with Crippen LogP contribution in [0.5, 0.6) is 0 Å². The molecule has 4 rings (SSSR count). The van der Waals surface area contributed by atoms with Crippen molar-refractivity contribution in [2.75, 3.05) is 0 Å². The van der Waals surface area contributed by atoms with Gasteiger partial charge in [-0.25, -0.2) is 0 Å². The molecule has 1 aliphatic rings. The standard InChI is InChI=1S/C22H13ClF3NO2S2/c23-17-8-6-14(22(24,25)26)10-16(17)18-9-7-15(29-18)11-19-20(28)27(21(30)31-19)12-13-4-2-1-3-5-13/h1-11H,12H2/b19-11-. The van der Waals surface area contributed by atoms with Crippen molar-refractivity contribution in [1.82, 2.24) is 4.90 Å². The number of amides is 1. The third-order valence-electron chi connectivity index (χ3n) is 4.52. The van der Waals surface area contributed by atoms with Gasteiger partial charge in [-0.05, 0) is 35.9 Å². The van der Waals surface area contributed by atoms with Crippen LogP contribution in [0.2, 0.25) is 5.02 Å². The van der Waals surface area contributed by atoms with Crippen molar-refractivity contribution in [2.24, 2.45) is 0 Å². The van der Waals surface area contributed by atoms with Crippen LogP contribution < -0.4 is 0 Å². The van der Waals surface area contributed by atoms with Gasteiger partial charge in [-0.2, -0.15) is 13.2 Å². The second-order valence-corrected chi connectivity index (χ2v) is 8.73. The minimum absolute atomic E-state index is 0.118. The summed E-state index contributed by atoms with van der Waals surface area (Å²) in [7, 11) is 0. The molecule has 0 radical (unpaired) electrons. The molecule has 2 heterocycles.